The van der Waals surface area contributed by atoms with Crippen molar-refractivity contribution in [3.63, 3.8) is 0 Å². The van der Waals surface area contributed by atoms with Gasteiger partial charge in [0.25, 0.3) is 5.91 Å². The van der Waals surface area contributed by atoms with Crippen molar-refractivity contribution in [2.45, 2.75) is 33.2 Å². The van der Waals surface area contributed by atoms with Gasteiger partial charge in [-0.15, -0.1) is 0 Å². The molecule has 1 unspecified atom stereocenters. The molecule has 1 aromatic heterocycles. The van der Waals surface area contributed by atoms with Crippen LogP contribution < -0.4 is 10.6 Å². The summed E-state index contributed by atoms with van der Waals surface area (Å²) < 4.78 is 5.89. The largest absolute Gasteiger partial charge is 0.450 e. The summed E-state index contributed by atoms with van der Waals surface area (Å²) in [6.45, 7) is 6.09. The molecular formula is C20H22N2O3. The molecule has 3 aromatic rings. The highest BCUT2D eigenvalue weighted by atomic mass is 16.3. The Bertz CT molecular complexity index is 943. The molecule has 5 nitrogen and oxygen atoms in total. The molecule has 0 aliphatic carbocycles. The minimum absolute atomic E-state index is 0.200. The maximum absolute atomic E-state index is 12.6. The van der Waals surface area contributed by atoms with Crippen LogP contribution in [0.1, 0.15) is 36.4 Å². The van der Waals surface area contributed by atoms with Gasteiger partial charge in [-0.1, -0.05) is 43.3 Å². The molecule has 25 heavy (non-hydrogen) atoms. The molecule has 3 rings (SSSR count). The summed E-state index contributed by atoms with van der Waals surface area (Å²) in [5.41, 5.74) is 1.48. The molecule has 1 heterocycles. The first-order valence-corrected chi connectivity index (χ1v) is 8.52. The summed E-state index contributed by atoms with van der Waals surface area (Å²) >= 11 is 0. The number of furan rings is 1. The molecule has 0 fully saturated rings. The Hall–Kier alpha value is -2.82. The van der Waals surface area contributed by atoms with Crippen LogP contribution in [0, 0.1) is 6.92 Å². The van der Waals surface area contributed by atoms with E-state index in [1.54, 1.807) is 6.92 Å². The molecule has 0 aliphatic heterocycles. The molecule has 0 saturated heterocycles. The van der Waals surface area contributed by atoms with Crippen LogP contribution in [0.4, 0.5) is 0 Å². The third-order valence-corrected chi connectivity index (χ3v) is 4.32. The van der Waals surface area contributed by atoms with E-state index >= 15 is 0 Å². The van der Waals surface area contributed by atoms with Crippen LogP contribution in [0.2, 0.25) is 0 Å². The number of rotatable bonds is 5. The van der Waals surface area contributed by atoms with Crippen molar-refractivity contribution < 1.29 is 14.0 Å². The van der Waals surface area contributed by atoms with Crippen molar-refractivity contribution in [2.24, 2.45) is 0 Å². The number of hydrogen-bond donors (Lipinski definition) is 2. The van der Waals surface area contributed by atoms with E-state index in [-0.39, 0.29) is 17.6 Å². The van der Waals surface area contributed by atoms with Crippen molar-refractivity contribution in [3.8, 4) is 0 Å². The summed E-state index contributed by atoms with van der Waals surface area (Å²) in [5.74, 6) is -0.326. The maximum atomic E-state index is 12.6. The summed E-state index contributed by atoms with van der Waals surface area (Å²) in [5, 5.41) is 8.42. The Morgan fingerprint density at radius 3 is 2.64 bits per heavy atom. The number of amides is 2. The monoisotopic (exact) mass is 338 g/mol. The number of carbonyl (C=O) groups excluding carboxylic acids is 2. The summed E-state index contributed by atoms with van der Waals surface area (Å²) in [6, 6.07) is 11.2. The Kier molecular flexibility index (Phi) is 4.74. The van der Waals surface area contributed by atoms with E-state index in [2.05, 4.69) is 10.6 Å². The van der Waals surface area contributed by atoms with E-state index in [1.165, 1.54) is 0 Å². The molecule has 0 bridgehead atoms. The number of hydrogen-bond acceptors (Lipinski definition) is 3. The van der Waals surface area contributed by atoms with Gasteiger partial charge in [0.05, 0.1) is 0 Å². The predicted octanol–water partition coefficient (Wildman–Crippen LogP) is 3.54. The summed E-state index contributed by atoms with van der Waals surface area (Å²) in [4.78, 5) is 24.5. The first-order valence-electron chi connectivity index (χ1n) is 8.52. The fourth-order valence-corrected chi connectivity index (χ4v) is 2.89. The van der Waals surface area contributed by atoms with Crippen LogP contribution in [0.5, 0.6) is 0 Å². The van der Waals surface area contributed by atoms with Crippen LogP contribution in [-0.2, 0) is 4.79 Å². The quantitative estimate of drug-likeness (QED) is 0.747. The highest BCUT2D eigenvalue weighted by Gasteiger charge is 2.22. The van der Waals surface area contributed by atoms with Gasteiger partial charge in [-0.3, -0.25) is 9.59 Å². The molecule has 130 valence electrons. The Morgan fingerprint density at radius 1 is 1.12 bits per heavy atom. The van der Waals surface area contributed by atoms with Crippen molar-refractivity contribution in [2.75, 3.05) is 6.54 Å². The Labute approximate surface area is 146 Å². The Morgan fingerprint density at radius 2 is 1.88 bits per heavy atom. The lowest BCUT2D eigenvalue weighted by molar-refractivity contribution is -0.122. The molecule has 1 atom stereocenters. The van der Waals surface area contributed by atoms with Gasteiger partial charge < -0.3 is 15.1 Å². The fraction of sp³-hybridized carbons (Fsp3) is 0.300. The smallest absolute Gasteiger partial charge is 0.287 e. The molecule has 5 heteroatoms. The number of benzene rings is 2. The zero-order valence-corrected chi connectivity index (χ0v) is 14.7. The van der Waals surface area contributed by atoms with Gasteiger partial charge in [0.1, 0.15) is 11.6 Å². The lowest BCUT2D eigenvalue weighted by Gasteiger charge is -2.13. The summed E-state index contributed by atoms with van der Waals surface area (Å²) in [7, 11) is 0. The average Bonchev–Trinajstić information content (AvgIpc) is 2.97. The molecule has 2 aromatic carbocycles. The minimum atomic E-state index is -0.622. The van der Waals surface area contributed by atoms with Crippen molar-refractivity contribution >= 4 is 33.6 Å². The van der Waals surface area contributed by atoms with Gasteiger partial charge in [0, 0.05) is 22.9 Å². The van der Waals surface area contributed by atoms with Gasteiger partial charge in [-0.2, -0.15) is 0 Å². The second-order valence-corrected chi connectivity index (χ2v) is 6.21. The van der Waals surface area contributed by atoms with E-state index in [0.717, 1.165) is 28.1 Å². The molecule has 2 amide bonds. The highest BCUT2D eigenvalue weighted by Crippen LogP contribution is 2.31. The number of aryl methyl sites for hydroxylation is 1. The van der Waals surface area contributed by atoms with Crippen molar-refractivity contribution in [1.29, 1.82) is 0 Å². The number of fused-ring (bicyclic) bond motifs is 3. The predicted molar refractivity (Wildman–Crippen MR) is 98.7 cm³/mol. The standard InChI is InChI=1S/C20H22N2O3/c1-4-11-21-19(23)13(3)22-20(24)17-12(2)15-10-9-14-7-5-6-8-16(14)18(15)25-17/h5-10,13H,4,11H2,1-3H3,(H,21,23)(H,22,24). The van der Waals surface area contributed by atoms with Crippen LogP contribution in [0.3, 0.4) is 0 Å². The fourth-order valence-electron chi connectivity index (χ4n) is 2.89. The normalized spacial score (nSPS) is 12.3. The molecule has 0 radical (unpaired) electrons. The van der Waals surface area contributed by atoms with E-state index in [0.29, 0.717) is 12.1 Å². The first-order chi connectivity index (χ1) is 12.0. The number of carbonyl (C=O) groups is 2. The first kappa shape index (κ1) is 17.0. The average molecular weight is 338 g/mol. The highest BCUT2D eigenvalue weighted by molar-refractivity contribution is 6.09. The molecular weight excluding hydrogens is 316 g/mol. The van der Waals surface area contributed by atoms with E-state index in [4.69, 9.17) is 4.42 Å². The summed E-state index contributed by atoms with van der Waals surface area (Å²) in [6.07, 6.45) is 0.849. The molecule has 0 spiro atoms. The van der Waals surface area contributed by atoms with Crippen molar-refractivity contribution in [3.05, 3.63) is 47.7 Å². The van der Waals surface area contributed by atoms with Gasteiger partial charge in [0.15, 0.2) is 5.76 Å². The topological polar surface area (TPSA) is 71.3 Å². The van der Waals surface area contributed by atoms with Gasteiger partial charge >= 0.3 is 0 Å². The number of nitrogens with one attached hydrogen (secondary N) is 2. The van der Waals surface area contributed by atoms with Crippen molar-refractivity contribution in [1.82, 2.24) is 10.6 Å². The minimum Gasteiger partial charge on any atom is -0.450 e. The SMILES string of the molecule is CCCNC(=O)C(C)NC(=O)c1oc2c(ccc3ccccc32)c1C. The van der Waals surface area contributed by atoms with E-state index in [9.17, 15) is 9.59 Å². The zero-order chi connectivity index (χ0) is 18.0. The van der Waals surface area contributed by atoms with Crippen LogP contribution in [0.25, 0.3) is 21.7 Å². The zero-order valence-electron chi connectivity index (χ0n) is 14.7. The molecule has 2 N–H and O–H groups in total. The maximum Gasteiger partial charge on any atom is 0.287 e. The van der Waals surface area contributed by atoms with E-state index < -0.39 is 6.04 Å². The van der Waals surface area contributed by atoms with Crippen LogP contribution in [0.15, 0.2) is 40.8 Å². The Balaban J connectivity index is 1.90. The lowest BCUT2D eigenvalue weighted by Crippen LogP contribution is -2.45. The van der Waals surface area contributed by atoms with Crippen LogP contribution in [-0.4, -0.2) is 24.4 Å². The third-order valence-electron chi connectivity index (χ3n) is 4.32. The second-order valence-electron chi connectivity index (χ2n) is 6.21. The molecule has 0 saturated carbocycles. The molecule has 0 aliphatic rings. The van der Waals surface area contributed by atoms with Gasteiger partial charge in [-0.05, 0) is 25.7 Å². The lowest BCUT2D eigenvalue weighted by atomic mass is 10.1. The second kappa shape index (κ2) is 6.97. The third kappa shape index (κ3) is 3.22. The van der Waals surface area contributed by atoms with Gasteiger partial charge in [0.2, 0.25) is 5.91 Å². The van der Waals surface area contributed by atoms with E-state index in [1.807, 2.05) is 50.2 Å². The van der Waals surface area contributed by atoms with Gasteiger partial charge in [-0.25, -0.2) is 0 Å². The van der Waals surface area contributed by atoms with Crippen LogP contribution >= 0.6 is 0 Å².